The highest BCUT2D eigenvalue weighted by molar-refractivity contribution is 5.86. The molecule has 7 heteroatoms. The molecule has 0 saturated carbocycles. The number of carbonyl (C=O) groups excluding carboxylic acids is 2. The predicted molar refractivity (Wildman–Crippen MR) is 95.3 cm³/mol. The lowest BCUT2D eigenvalue weighted by molar-refractivity contribution is -0.148. The fraction of sp³-hybridized carbons (Fsp3) is 0.765. The monoisotopic (exact) mass is 338 g/mol. The first kappa shape index (κ1) is 20.3. The van der Waals surface area contributed by atoms with E-state index in [0.29, 0.717) is 13.0 Å². The lowest BCUT2D eigenvalue weighted by Gasteiger charge is -2.18. The van der Waals surface area contributed by atoms with Crippen LogP contribution >= 0.6 is 0 Å². The summed E-state index contributed by atoms with van der Waals surface area (Å²) in [6, 6.07) is -0.911. The minimum atomic E-state index is -0.712. The van der Waals surface area contributed by atoms with Crippen molar-refractivity contribution in [3.63, 3.8) is 0 Å². The van der Waals surface area contributed by atoms with Crippen LogP contribution in [0, 0.1) is 0 Å². The molecular weight excluding hydrogens is 308 g/mol. The smallest absolute Gasteiger partial charge is 0.328 e. The van der Waals surface area contributed by atoms with Crippen molar-refractivity contribution in [2.75, 3.05) is 13.2 Å². The maximum Gasteiger partial charge on any atom is 0.328 e. The summed E-state index contributed by atoms with van der Waals surface area (Å²) in [5.41, 5.74) is 5.37. The van der Waals surface area contributed by atoms with Crippen LogP contribution in [-0.4, -0.2) is 49.7 Å². The molecule has 3 N–H and O–H groups in total. The van der Waals surface area contributed by atoms with Crippen LogP contribution < -0.4 is 11.1 Å². The number of esters is 1. The molecule has 24 heavy (non-hydrogen) atoms. The van der Waals surface area contributed by atoms with Crippen LogP contribution in [0.5, 0.6) is 0 Å². The Hall–Kier alpha value is -1.76. The highest BCUT2D eigenvalue weighted by Gasteiger charge is 2.25. The van der Waals surface area contributed by atoms with E-state index < -0.39 is 12.0 Å². The molecule has 2 atom stereocenters. The minimum Gasteiger partial charge on any atom is -0.464 e. The van der Waals surface area contributed by atoms with Gasteiger partial charge in [-0.1, -0.05) is 39.0 Å². The topological polar surface area (TPSA) is 106 Å². The number of aliphatic imine (C=N–C) groups is 2. The number of rotatable bonds is 13. The normalized spacial score (nSPS) is 17.0. The molecular formula is C17H30N4O3. The Kier molecular flexibility index (Phi) is 10.7. The first-order valence-electron chi connectivity index (χ1n) is 8.88. The van der Waals surface area contributed by atoms with E-state index in [1.54, 1.807) is 6.21 Å². The van der Waals surface area contributed by atoms with Gasteiger partial charge in [-0.2, -0.15) is 0 Å². The zero-order valence-electron chi connectivity index (χ0n) is 14.6. The van der Waals surface area contributed by atoms with Crippen LogP contribution in [0.2, 0.25) is 0 Å². The summed E-state index contributed by atoms with van der Waals surface area (Å²) in [7, 11) is 0. The quantitative estimate of drug-likeness (QED) is 0.393. The molecule has 1 unspecified atom stereocenters. The molecule has 0 aromatic rings. The molecule has 0 aromatic carbocycles. The second kappa shape index (κ2) is 12.6. The van der Waals surface area contributed by atoms with Gasteiger partial charge < -0.3 is 15.8 Å². The number of ether oxygens (including phenoxy) is 1. The molecule has 1 aliphatic rings. The van der Waals surface area contributed by atoms with Gasteiger partial charge >= 0.3 is 5.97 Å². The summed E-state index contributed by atoms with van der Waals surface area (Å²) in [5.74, 6) is -0.664. The third kappa shape index (κ3) is 8.76. The van der Waals surface area contributed by atoms with E-state index in [4.69, 9.17) is 10.5 Å². The largest absolute Gasteiger partial charge is 0.464 e. The van der Waals surface area contributed by atoms with Crippen LogP contribution in [0.1, 0.15) is 58.3 Å². The fourth-order valence-electron chi connectivity index (χ4n) is 2.43. The number of carbonyl (C=O) groups is 2. The Morgan fingerprint density at radius 2 is 2.00 bits per heavy atom. The Labute approximate surface area is 144 Å². The molecule has 0 aromatic heterocycles. The van der Waals surface area contributed by atoms with Crippen LogP contribution in [-0.2, 0) is 14.3 Å². The number of unbranched alkanes of at least 4 members (excludes halogenated alkanes) is 5. The number of amides is 1. The summed E-state index contributed by atoms with van der Waals surface area (Å²) < 4.78 is 5.32. The molecule has 0 bridgehead atoms. The second-order valence-electron chi connectivity index (χ2n) is 5.96. The molecule has 0 saturated heterocycles. The maximum atomic E-state index is 12.2. The molecule has 0 spiro atoms. The number of hydrogen-bond donors (Lipinski definition) is 2. The van der Waals surface area contributed by atoms with Gasteiger partial charge in [0.1, 0.15) is 12.4 Å². The van der Waals surface area contributed by atoms with E-state index in [0.717, 1.165) is 19.3 Å². The van der Waals surface area contributed by atoms with Gasteiger partial charge in [0.25, 0.3) is 0 Å². The van der Waals surface area contributed by atoms with E-state index in [1.807, 2.05) is 0 Å². The average molecular weight is 338 g/mol. The second-order valence-corrected chi connectivity index (χ2v) is 5.96. The van der Waals surface area contributed by atoms with Gasteiger partial charge in [0, 0.05) is 25.6 Å². The van der Waals surface area contributed by atoms with Gasteiger partial charge in [-0.3, -0.25) is 9.79 Å². The van der Waals surface area contributed by atoms with E-state index >= 15 is 0 Å². The molecule has 7 nitrogen and oxygen atoms in total. The highest BCUT2D eigenvalue weighted by atomic mass is 16.5. The number of nitrogens with one attached hydrogen (secondary N) is 1. The third-order valence-corrected chi connectivity index (χ3v) is 3.79. The Morgan fingerprint density at radius 3 is 2.67 bits per heavy atom. The van der Waals surface area contributed by atoms with Crippen molar-refractivity contribution in [2.24, 2.45) is 15.7 Å². The average Bonchev–Trinajstić information content (AvgIpc) is 3.06. The standard InChI is InChI=1S/C17H30N4O3/c1-2-3-4-5-6-7-10-24-17(23)15(21-16(22)8-9-18)11-14-12-19-13-20-14/h12-15H,2-11,18H2,1H3,(H,21,22)/t14?,15-/m1/s1. The number of nitrogens with zero attached hydrogens (tertiary/aromatic N) is 2. The SMILES string of the molecule is CCCCCCCCOC(=O)[C@@H](CC1C=NC=N1)NC(=O)CCN. The molecule has 0 fully saturated rings. The zero-order chi connectivity index (χ0) is 17.6. The van der Waals surface area contributed by atoms with Gasteiger partial charge in [-0.05, 0) is 6.42 Å². The summed E-state index contributed by atoms with van der Waals surface area (Å²) >= 11 is 0. The summed E-state index contributed by atoms with van der Waals surface area (Å²) in [6.07, 6.45) is 10.4. The van der Waals surface area contributed by atoms with Crippen molar-refractivity contribution in [2.45, 2.75) is 70.4 Å². The molecule has 1 aliphatic heterocycles. The highest BCUT2D eigenvalue weighted by Crippen LogP contribution is 2.08. The van der Waals surface area contributed by atoms with Crippen molar-refractivity contribution in [1.29, 1.82) is 0 Å². The Balaban J connectivity index is 2.34. The minimum absolute atomic E-state index is 0.184. The maximum absolute atomic E-state index is 12.2. The van der Waals surface area contributed by atoms with Gasteiger partial charge in [-0.15, -0.1) is 0 Å². The lowest BCUT2D eigenvalue weighted by Crippen LogP contribution is -2.44. The van der Waals surface area contributed by atoms with E-state index in [2.05, 4.69) is 22.2 Å². The Bertz CT molecular complexity index is 426. The summed E-state index contributed by atoms with van der Waals surface area (Å²) in [4.78, 5) is 32.0. The number of nitrogens with two attached hydrogens (primary N) is 1. The third-order valence-electron chi connectivity index (χ3n) is 3.79. The van der Waals surface area contributed by atoms with Crippen molar-refractivity contribution >= 4 is 24.4 Å². The molecule has 0 aliphatic carbocycles. The molecule has 1 amide bonds. The first-order chi connectivity index (χ1) is 11.7. The summed E-state index contributed by atoms with van der Waals surface area (Å²) in [5, 5.41) is 2.68. The molecule has 136 valence electrons. The van der Waals surface area contributed by atoms with Crippen LogP contribution in [0.3, 0.4) is 0 Å². The zero-order valence-corrected chi connectivity index (χ0v) is 14.6. The molecule has 0 radical (unpaired) electrons. The van der Waals surface area contributed by atoms with Gasteiger partial charge in [0.05, 0.1) is 12.6 Å². The predicted octanol–water partition coefficient (Wildman–Crippen LogP) is 1.60. The van der Waals surface area contributed by atoms with Crippen molar-refractivity contribution < 1.29 is 14.3 Å². The van der Waals surface area contributed by atoms with Crippen LogP contribution in [0.25, 0.3) is 0 Å². The van der Waals surface area contributed by atoms with E-state index in [1.165, 1.54) is 25.6 Å². The van der Waals surface area contributed by atoms with Crippen LogP contribution in [0.4, 0.5) is 0 Å². The Morgan fingerprint density at radius 1 is 1.25 bits per heavy atom. The van der Waals surface area contributed by atoms with Gasteiger partial charge in [-0.25, -0.2) is 9.79 Å². The summed E-state index contributed by atoms with van der Waals surface area (Å²) in [6.45, 7) is 2.81. The fourth-order valence-corrected chi connectivity index (χ4v) is 2.43. The first-order valence-corrected chi connectivity index (χ1v) is 8.88. The molecule has 1 rings (SSSR count). The number of hydrogen-bond acceptors (Lipinski definition) is 6. The van der Waals surface area contributed by atoms with Crippen molar-refractivity contribution in [3.8, 4) is 0 Å². The van der Waals surface area contributed by atoms with Gasteiger partial charge in [0.15, 0.2) is 0 Å². The van der Waals surface area contributed by atoms with Crippen molar-refractivity contribution in [3.05, 3.63) is 0 Å². The van der Waals surface area contributed by atoms with Crippen molar-refractivity contribution in [1.82, 2.24) is 5.32 Å². The van der Waals surface area contributed by atoms with Gasteiger partial charge in [0.2, 0.25) is 5.91 Å². The van der Waals surface area contributed by atoms with E-state index in [9.17, 15) is 9.59 Å². The lowest BCUT2D eigenvalue weighted by atomic mass is 10.1. The van der Waals surface area contributed by atoms with Crippen LogP contribution in [0.15, 0.2) is 9.98 Å². The van der Waals surface area contributed by atoms with E-state index in [-0.39, 0.29) is 24.9 Å². The molecule has 1 heterocycles.